The van der Waals surface area contributed by atoms with Crippen LogP contribution in [0.1, 0.15) is 31.0 Å². The zero-order valence-corrected chi connectivity index (χ0v) is 15.3. The monoisotopic (exact) mass is 378 g/mol. The molecular formula is C20H21F3N2O2. The number of amides is 1. The number of anilines is 1. The van der Waals surface area contributed by atoms with Crippen LogP contribution in [-0.2, 0) is 10.2 Å². The van der Waals surface area contributed by atoms with Gasteiger partial charge in [-0.2, -0.15) is 0 Å². The first-order valence-corrected chi connectivity index (χ1v) is 8.59. The summed E-state index contributed by atoms with van der Waals surface area (Å²) in [6.07, 6.45) is -1.22. The Morgan fingerprint density at radius 1 is 1.15 bits per heavy atom. The van der Waals surface area contributed by atoms with Gasteiger partial charge in [0.15, 0.2) is 0 Å². The van der Waals surface area contributed by atoms with Gasteiger partial charge in [0.05, 0.1) is 23.2 Å². The maximum atomic E-state index is 14.7. The third-order valence-corrected chi connectivity index (χ3v) is 4.94. The molecule has 2 aromatic rings. The molecule has 144 valence electrons. The molecule has 0 bridgehead atoms. The van der Waals surface area contributed by atoms with Crippen molar-refractivity contribution in [1.29, 1.82) is 0 Å². The number of rotatable bonds is 5. The molecule has 1 aliphatic rings. The second-order valence-electron chi connectivity index (χ2n) is 7.21. The van der Waals surface area contributed by atoms with Gasteiger partial charge in [-0.05, 0) is 50.2 Å². The highest BCUT2D eigenvalue weighted by Gasteiger charge is 2.49. The van der Waals surface area contributed by atoms with Gasteiger partial charge in [0.25, 0.3) is 0 Å². The average molecular weight is 378 g/mol. The first-order valence-electron chi connectivity index (χ1n) is 8.59. The predicted molar refractivity (Wildman–Crippen MR) is 95.9 cm³/mol. The maximum absolute atomic E-state index is 14.7. The lowest BCUT2D eigenvalue weighted by atomic mass is 9.86. The van der Waals surface area contributed by atoms with Gasteiger partial charge in [0.2, 0.25) is 5.91 Å². The predicted octanol–water partition coefficient (Wildman–Crippen LogP) is 3.05. The molecule has 3 rings (SSSR count). The van der Waals surface area contributed by atoms with Crippen molar-refractivity contribution in [3.05, 3.63) is 65.0 Å². The van der Waals surface area contributed by atoms with E-state index in [1.54, 1.807) is 27.0 Å². The standard InChI is InChI=1S/C20H21F3N2O2/c1-20(2)14-5-4-6-15(23)18(14)25(19(20)27)17(16(26)10-24-3)11-7-12(21)9-13(22)8-11/h4-9,16-17,24,26H,10H2,1-3H3/t16-,17-/m0/s1. The van der Waals surface area contributed by atoms with Crippen LogP contribution in [0.15, 0.2) is 36.4 Å². The summed E-state index contributed by atoms with van der Waals surface area (Å²) >= 11 is 0. The van der Waals surface area contributed by atoms with Gasteiger partial charge in [-0.3, -0.25) is 9.69 Å². The Morgan fingerprint density at radius 3 is 2.37 bits per heavy atom. The normalized spacial score (nSPS) is 17.7. The fourth-order valence-corrected chi connectivity index (χ4v) is 3.66. The van der Waals surface area contributed by atoms with Crippen LogP contribution in [0.25, 0.3) is 0 Å². The molecule has 2 N–H and O–H groups in total. The van der Waals surface area contributed by atoms with E-state index < -0.39 is 40.9 Å². The van der Waals surface area contributed by atoms with Crippen LogP contribution in [0.3, 0.4) is 0 Å². The molecule has 0 fully saturated rings. The van der Waals surface area contributed by atoms with Gasteiger partial charge >= 0.3 is 0 Å². The highest BCUT2D eigenvalue weighted by Crippen LogP contribution is 2.47. The van der Waals surface area contributed by atoms with Crippen LogP contribution in [0, 0.1) is 17.5 Å². The Bertz CT molecular complexity index is 865. The molecule has 2 aromatic carbocycles. The molecule has 0 saturated heterocycles. The van der Waals surface area contributed by atoms with Crippen LogP contribution in [0.5, 0.6) is 0 Å². The van der Waals surface area contributed by atoms with Crippen LogP contribution < -0.4 is 10.2 Å². The fraction of sp³-hybridized carbons (Fsp3) is 0.350. The van der Waals surface area contributed by atoms with Crippen molar-refractivity contribution in [3.8, 4) is 0 Å². The third kappa shape index (κ3) is 3.21. The molecule has 0 radical (unpaired) electrons. The minimum Gasteiger partial charge on any atom is -0.389 e. The van der Waals surface area contributed by atoms with Crippen molar-refractivity contribution < 1.29 is 23.1 Å². The third-order valence-electron chi connectivity index (χ3n) is 4.94. The van der Waals surface area contributed by atoms with E-state index in [1.807, 2.05) is 0 Å². The Labute approximate surface area is 155 Å². The number of nitrogens with zero attached hydrogens (tertiary/aromatic N) is 1. The summed E-state index contributed by atoms with van der Waals surface area (Å²) < 4.78 is 42.4. The number of carbonyl (C=O) groups is 1. The number of hydrogen-bond acceptors (Lipinski definition) is 3. The molecule has 0 spiro atoms. The highest BCUT2D eigenvalue weighted by atomic mass is 19.1. The van der Waals surface area contributed by atoms with E-state index in [0.717, 1.165) is 17.0 Å². The number of para-hydroxylation sites is 1. The highest BCUT2D eigenvalue weighted by molar-refractivity contribution is 6.08. The van der Waals surface area contributed by atoms with Crippen LogP contribution in [-0.4, -0.2) is 30.7 Å². The smallest absolute Gasteiger partial charge is 0.237 e. The topological polar surface area (TPSA) is 52.6 Å². The molecule has 0 saturated carbocycles. The summed E-state index contributed by atoms with van der Waals surface area (Å²) in [5, 5.41) is 13.5. The van der Waals surface area contributed by atoms with Crippen molar-refractivity contribution in [3.63, 3.8) is 0 Å². The number of likely N-dealkylation sites (N-methyl/N-ethyl adjacent to an activating group) is 1. The molecule has 1 heterocycles. The van der Waals surface area contributed by atoms with Crippen molar-refractivity contribution >= 4 is 11.6 Å². The molecular weight excluding hydrogens is 357 g/mol. The first kappa shape index (κ1) is 19.4. The van der Waals surface area contributed by atoms with E-state index in [1.165, 1.54) is 12.1 Å². The number of benzene rings is 2. The van der Waals surface area contributed by atoms with Gasteiger partial charge < -0.3 is 10.4 Å². The average Bonchev–Trinajstić information content (AvgIpc) is 2.77. The lowest BCUT2D eigenvalue weighted by molar-refractivity contribution is -0.123. The lowest BCUT2D eigenvalue weighted by Gasteiger charge is -2.34. The summed E-state index contributed by atoms with van der Waals surface area (Å²) in [6.45, 7) is 3.35. The fourth-order valence-electron chi connectivity index (χ4n) is 3.66. The van der Waals surface area contributed by atoms with E-state index in [4.69, 9.17) is 0 Å². The second kappa shape index (κ2) is 6.98. The molecule has 27 heavy (non-hydrogen) atoms. The maximum Gasteiger partial charge on any atom is 0.237 e. The molecule has 2 atom stereocenters. The van der Waals surface area contributed by atoms with Crippen molar-refractivity contribution in [2.45, 2.75) is 31.4 Å². The molecule has 0 unspecified atom stereocenters. The minimum absolute atomic E-state index is 0.0253. The van der Waals surface area contributed by atoms with E-state index in [9.17, 15) is 23.1 Å². The van der Waals surface area contributed by atoms with E-state index in [2.05, 4.69) is 5.32 Å². The number of nitrogens with one attached hydrogen (secondary N) is 1. The van der Waals surface area contributed by atoms with Gasteiger partial charge in [0.1, 0.15) is 17.5 Å². The molecule has 4 nitrogen and oxygen atoms in total. The Balaban J connectivity index is 2.23. The molecule has 7 heteroatoms. The van der Waals surface area contributed by atoms with Crippen molar-refractivity contribution in [1.82, 2.24) is 5.32 Å². The van der Waals surface area contributed by atoms with Gasteiger partial charge in [-0.1, -0.05) is 12.1 Å². The van der Waals surface area contributed by atoms with Crippen LogP contribution in [0.4, 0.5) is 18.9 Å². The van der Waals surface area contributed by atoms with Crippen LogP contribution in [0.2, 0.25) is 0 Å². The number of halogens is 3. The largest absolute Gasteiger partial charge is 0.389 e. The molecule has 1 aliphatic heterocycles. The number of fused-ring (bicyclic) bond motifs is 1. The quantitative estimate of drug-likeness (QED) is 0.841. The number of hydrogen-bond donors (Lipinski definition) is 2. The van der Waals surface area contributed by atoms with Crippen molar-refractivity contribution in [2.24, 2.45) is 0 Å². The minimum atomic E-state index is -1.22. The zero-order valence-electron chi connectivity index (χ0n) is 15.3. The number of aliphatic hydroxyl groups excluding tert-OH is 1. The van der Waals surface area contributed by atoms with E-state index >= 15 is 0 Å². The summed E-state index contributed by atoms with van der Waals surface area (Å²) in [5.74, 6) is -2.77. The SMILES string of the molecule is CNC[C@H](O)[C@H](c1cc(F)cc(F)c1)N1C(=O)C(C)(C)c2cccc(F)c21. The van der Waals surface area contributed by atoms with Gasteiger partial charge in [0, 0.05) is 12.6 Å². The second-order valence-corrected chi connectivity index (χ2v) is 7.21. The summed E-state index contributed by atoms with van der Waals surface area (Å²) in [6, 6.07) is 6.01. The first-order chi connectivity index (χ1) is 12.7. The number of carbonyl (C=O) groups excluding carboxylic acids is 1. The van der Waals surface area contributed by atoms with Gasteiger partial charge in [-0.15, -0.1) is 0 Å². The summed E-state index contributed by atoms with van der Waals surface area (Å²) in [7, 11) is 1.59. The Hall–Kier alpha value is -2.38. The Kier molecular flexibility index (Phi) is 5.01. The molecule has 0 aromatic heterocycles. The van der Waals surface area contributed by atoms with Gasteiger partial charge in [-0.25, -0.2) is 13.2 Å². The van der Waals surface area contributed by atoms with E-state index in [-0.39, 0.29) is 17.8 Å². The van der Waals surface area contributed by atoms with E-state index in [0.29, 0.717) is 11.6 Å². The van der Waals surface area contributed by atoms with Crippen LogP contribution >= 0.6 is 0 Å². The Morgan fingerprint density at radius 2 is 1.78 bits per heavy atom. The molecule has 1 amide bonds. The summed E-state index contributed by atoms with van der Waals surface area (Å²) in [5.41, 5.74) is -0.500. The van der Waals surface area contributed by atoms with Crippen molar-refractivity contribution in [2.75, 3.05) is 18.5 Å². The zero-order chi connectivity index (χ0) is 19.9. The lowest BCUT2D eigenvalue weighted by Crippen LogP contribution is -2.46. The molecule has 0 aliphatic carbocycles. The summed E-state index contributed by atoms with van der Waals surface area (Å²) in [4.78, 5) is 14.3. The number of aliphatic hydroxyl groups is 1.